The van der Waals surface area contributed by atoms with E-state index in [9.17, 15) is 4.39 Å². The molecule has 0 radical (unpaired) electrons. The Labute approximate surface area is 149 Å². The predicted molar refractivity (Wildman–Crippen MR) is 96.7 cm³/mol. The highest BCUT2D eigenvalue weighted by atomic mass is 19.1. The third kappa shape index (κ3) is 6.02. The third-order valence-electron chi connectivity index (χ3n) is 4.49. The maximum absolute atomic E-state index is 14.0. The Morgan fingerprint density at radius 2 is 2.20 bits per heavy atom. The summed E-state index contributed by atoms with van der Waals surface area (Å²) in [4.78, 5) is 6.65. The van der Waals surface area contributed by atoms with Crippen LogP contribution in [-0.4, -0.2) is 44.2 Å². The summed E-state index contributed by atoms with van der Waals surface area (Å²) < 4.78 is 19.4. The van der Waals surface area contributed by atoms with Crippen LogP contribution in [0.15, 0.2) is 23.2 Å². The number of nitriles is 1. The number of hydrogen-bond acceptors (Lipinski definition) is 3. The van der Waals surface area contributed by atoms with Gasteiger partial charge in [0.25, 0.3) is 0 Å². The molecule has 0 aliphatic carbocycles. The number of halogens is 1. The number of hydrogen-bond donors (Lipinski definition) is 1. The molecule has 1 aromatic carbocycles. The zero-order valence-electron chi connectivity index (χ0n) is 15.1. The monoisotopic (exact) mass is 346 g/mol. The van der Waals surface area contributed by atoms with Crippen LogP contribution in [0.5, 0.6) is 0 Å². The van der Waals surface area contributed by atoms with Gasteiger partial charge in [-0.25, -0.2) is 9.38 Å². The van der Waals surface area contributed by atoms with Crippen molar-refractivity contribution in [1.29, 1.82) is 5.26 Å². The molecule has 0 atom stereocenters. The van der Waals surface area contributed by atoms with E-state index >= 15 is 0 Å². The Balaban J connectivity index is 1.95. The van der Waals surface area contributed by atoms with E-state index in [0.29, 0.717) is 17.0 Å². The number of benzene rings is 1. The van der Waals surface area contributed by atoms with Gasteiger partial charge in [0, 0.05) is 38.9 Å². The lowest BCUT2D eigenvalue weighted by atomic mass is 9.96. The molecule has 136 valence electrons. The van der Waals surface area contributed by atoms with Crippen LogP contribution in [-0.2, 0) is 11.3 Å². The fourth-order valence-electron chi connectivity index (χ4n) is 2.89. The molecule has 2 rings (SSSR count). The van der Waals surface area contributed by atoms with Crippen molar-refractivity contribution in [3.63, 3.8) is 0 Å². The van der Waals surface area contributed by atoms with Gasteiger partial charge in [0.15, 0.2) is 5.96 Å². The van der Waals surface area contributed by atoms with Gasteiger partial charge >= 0.3 is 0 Å². The minimum atomic E-state index is -0.386. The van der Waals surface area contributed by atoms with E-state index in [4.69, 9.17) is 10.00 Å². The average molecular weight is 346 g/mol. The zero-order valence-corrected chi connectivity index (χ0v) is 15.1. The van der Waals surface area contributed by atoms with Crippen LogP contribution >= 0.6 is 0 Å². The average Bonchev–Trinajstić information content (AvgIpc) is 2.64. The molecule has 0 aromatic heterocycles. The molecule has 1 fully saturated rings. The van der Waals surface area contributed by atoms with Crippen LogP contribution in [0.3, 0.4) is 0 Å². The maximum atomic E-state index is 14.0. The van der Waals surface area contributed by atoms with Crippen molar-refractivity contribution < 1.29 is 9.13 Å². The highest BCUT2D eigenvalue weighted by Crippen LogP contribution is 2.18. The summed E-state index contributed by atoms with van der Waals surface area (Å²) in [5.74, 6) is 1.09. The quantitative estimate of drug-likeness (QED) is 0.635. The van der Waals surface area contributed by atoms with Gasteiger partial charge in [0.05, 0.1) is 18.2 Å². The lowest BCUT2D eigenvalue weighted by Gasteiger charge is -2.26. The minimum Gasteiger partial charge on any atom is -0.381 e. The Morgan fingerprint density at radius 1 is 1.44 bits per heavy atom. The first kappa shape index (κ1) is 19.2. The molecule has 1 N–H and O–H groups in total. The highest BCUT2D eigenvalue weighted by molar-refractivity contribution is 5.79. The Kier molecular flexibility index (Phi) is 7.68. The summed E-state index contributed by atoms with van der Waals surface area (Å²) in [6.45, 7) is 5.66. The van der Waals surface area contributed by atoms with Gasteiger partial charge in [0.2, 0.25) is 0 Å². The van der Waals surface area contributed by atoms with E-state index in [0.717, 1.165) is 51.5 Å². The smallest absolute Gasteiger partial charge is 0.193 e. The van der Waals surface area contributed by atoms with Crippen molar-refractivity contribution in [2.24, 2.45) is 10.9 Å². The zero-order chi connectivity index (χ0) is 18.1. The van der Waals surface area contributed by atoms with Crippen LogP contribution in [0.4, 0.5) is 4.39 Å². The van der Waals surface area contributed by atoms with E-state index in [-0.39, 0.29) is 12.4 Å². The minimum absolute atomic E-state index is 0.251. The van der Waals surface area contributed by atoms with Crippen LogP contribution in [0.1, 0.15) is 37.3 Å². The highest BCUT2D eigenvalue weighted by Gasteiger charge is 2.15. The van der Waals surface area contributed by atoms with Gasteiger partial charge < -0.3 is 15.0 Å². The molecule has 1 heterocycles. The van der Waals surface area contributed by atoms with E-state index in [1.807, 2.05) is 20.0 Å². The topological polar surface area (TPSA) is 60.7 Å². The van der Waals surface area contributed by atoms with Gasteiger partial charge in [-0.15, -0.1) is 0 Å². The molecule has 1 saturated heterocycles. The summed E-state index contributed by atoms with van der Waals surface area (Å²) in [6, 6.07) is 6.45. The lowest BCUT2D eigenvalue weighted by molar-refractivity contribution is 0.0625. The SMILES string of the molecule is CCNC(=NCc1ccc(C#N)cc1F)N(C)CCC1CCOCC1. The van der Waals surface area contributed by atoms with E-state index in [2.05, 4.69) is 15.2 Å². The van der Waals surface area contributed by atoms with Crippen LogP contribution in [0.2, 0.25) is 0 Å². The maximum Gasteiger partial charge on any atom is 0.193 e. The lowest BCUT2D eigenvalue weighted by Crippen LogP contribution is -2.40. The van der Waals surface area contributed by atoms with Gasteiger partial charge in [-0.05, 0) is 44.2 Å². The van der Waals surface area contributed by atoms with Crippen LogP contribution < -0.4 is 5.32 Å². The fraction of sp³-hybridized carbons (Fsp3) is 0.579. The van der Waals surface area contributed by atoms with Crippen molar-refractivity contribution in [1.82, 2.24) is 10.2 Å². The standard InChI is InChI=1S/C19H27FN4O/c1-3-22-19(24(2)9-6-15-7-10-25-11-8-15)23-14-17-5-4-16(13-21)12-18(17)20/h4-5,12,15H,3,6-11,14H2,1-2H3,(H,22,23). The number of rotatable bonds is 6. The summed E-state index contributed by atoms with van der Waals surface area (Å²) in [5.41, 5.74) is 0.818. The van der Waals surface area contributed by atoms with E-state index in [1.54, 1.807) is 12.1 Å². The largest absolute Gasteiger partial charge is 0.381 e. The number of guanidine groups is 1. The molecule has 0 amide bonds. The van der Waals surface area contributed by atoms with Gasteiger partial charge in [-0.3, -0.25) is 0 Å². The molecule has 0 unspecified atom stereocenters. The first-order valence-electron chi connectivity index (χ1n) is 8.89. The summed E-state index contributed by atoms with van der Waals surface area (Å²) >= 11 is 0. The van der Waals surface area contributed by atoms with Crippen LogP contribution in [0.25, 0.3) is 0 Å². The van der Waals surface area contributed by atoms with Gasteiger partial charge in [0.1, 0.15) is 5.82 Å². The fourth-order valence-corrected chi connectivity index (χ4v) is 2.89. The second kappa shape index (κ2) is 10.00. The predicted octanol–water partition coefficient (Wildman–Crippen LogP) is 2.91. The number of nitrogens with one attached hydrogen (secondary N) is 1. The summed E-state index contributed by atoms with van der Waals surface area (Å²) in [5, 5.41) is 12.1. The van der Waals surface area contributed by atoms with Crippen molar-refractivity contribution in [2.45, 2.75) is 32.7 Å². The molecule has 6 heteroatoms. The molecule has 5 nitrogen and oxygen atoms in total. The first-order chi connectivity index (χ1) is 12.1. The molecule has 1 aliphatic rings. The molecule has 0 bridgehead atoms. The molecule has 1 aromatic rings. The summed E-state index contributed by atoms with van der Waals surface area (Å²) in [6.07, 6.45) is 3.35. The van der Waals surface area contributed by atoms with Crippen molar-refractivity contribution in [3.8, 4) is 6.07 Å². The van der Waals surface area contributed by atoms with E-state index in [1.165, 1.54) is 6.07 Å². The van der Waals surface area contributed by atoms with Gasteiger partial charge in [-0.2, -0.15) is 5.26 Å². The number of ether oxygens (including phenoxy) is 1. The number of aliphatic imine (C=N–C) groups is 1. The molecule has 25 heavy (non-hydrogen) atoms. The Morgan fingerprint density at radius 3 is 2.84 bits per heavy atom. The van der Waals surface area contributed by atoms with Crippen molar-refractivity contribution >= 4 is 5.96 Å². The Hall–Kier alpha value is -2.13. The molecular weight excluding hydrogens is 319 g/mol. The van der Waals surface area contributed by atoms with E-state index < -0.39 is 0 Å². The number of nitrogens with zero attached hydrogens (tertiary/aromatic N) is 3. The van der Waals surface area contributed by atoms with Gasteiger partial charge in [-0.1, -0.05) is 6.07 Å². The molecule has 1 aliphatic heterocycles. The molecule has 0 spiro atoms. The van der Waals surface area contributed by atoms with Crippen LogP contribution in [0, 0.1) is 23.1 Å². The summed E-state index contributed by atoms with van der Waals surface area (Å²) in [7, 11) is 2.01. The van der Waals surface area contributed by atoms with Crippen molar-refractivity contribution in [3.05, 3.63) is 35.1 Å². The first-order valence-corrected chi connectivity index (χ1v) is 8.89. The molecular formula is C19H27FN4O. The normalized spacial score (nSPS) is 15.7. The third-order valence-corrected chi connectivity index (χ3v) is 4.49. The van der Waals surface area contributed by atoms with Crippen molar-refractivity contribution in [2.75, 3.05) is 33.4 Å². The molecule has 0 saturated carbocycles. The second-order valence-electron chi connectivity index (χ2n) is 6.35. The Bertz CT molecular complexity index is 620. The second-order valence-corrected chi connectivity index (χ2v) is 6.35.